The zero-order valence-electron chi connectivity index (χ0n) is 16.8. The Labute approximate surface area is 174 Å². The van der Waals surface area contributed by atoms with Gasteiger partial charge in [0.15, 0.2) is 10.9 Å². The van der Waals surface area contributed by atoms with E-state index in [1.54, 1.807) is 23.1 Å². The van der Waals surface area contributed by atoms with Crippen LogP contribution in [0.3, 0.4) is 0 Å². The lowest BCUT2D eigenvalue weighted by molar-refractivity contribution is -0.123. The van der Waals surface area contributed by atoms with Gasteiger partial charge >= 0.3 is 12.1 Å². The molecule has 156 valence electrons. The van der Waals surface area contributed by atoms with Crippen LogP contribution < -0.4 is 5.32 Å². The summed E-state index contributed by atoms with van der Waals surface area (Å²) in [5.41, 5.74) is 0.0289. The second kappa shape index (κ2) is 8.41. The van der Waals surface area contributed by atoms with Gasteiger partial charge in [0.1, 0.15) is 5.60 Å². The van der Waals surface area contributed by atoms with Crippen LogP contribution in [0, 0.1) is 5.92 Å². The second-order valence-corrected chi connectivity index (χ2v) is 8.44. The number of amides is 2. The van der Waals surface area contributed by atoms with Gasteiger partial charge in [-0.15, -0.1) is 0 Å². The molecular weight excluding hydrogens is 396 g/mol. The molecule has 0 spiro atoms. The summed E-state index contributed by atoms with van der Waals surface area (Å²) in [7, 11) is 0. The van der Waals surface area contributed by atoms with Gasteiger partial charge in [0, 0.05) is 24.4 Å². The van der Waals surface area contributed by atoms with Crippen LogP contribution in [0.25, 0.3) is 10.9 Å². The van der Waals surface area contributed by atoms with Crippen molar-refractivity contribution in [3.05, 3.63) is 29.4 Å². The van der Waals surface area contributed by atoms with Crippen molar-refractivity contribution in [3.63, 3.8) is 0 Å². The third-order valence-corrected chi connectivity index (χ3v) is 5.03. The fraction of sp³-hybridized carbons (Fsp3) is 0.500. The number of carbonyl (C=O) groups excluding carboxylic acids is 3. The summed E-state index contributed by atoms with van der Waals surface area (Å²) in [4.78, 5) is 38.7. The molecule has 1 aliphatic heterocycles. The maximum absolute atomic E-state index is 12.5. The minimum Gasteiger partial charge on any atom is -0.444 e. The molecule has 1 aliphatic rings. The molecule has 0 unspecified atom stereocenters. The van der Waals surface area contributed by atoms with Crippen molar-refractivity contribution in [2.45, 2.75) is 39.2 Å². The normalized spacial score (nSPS) is 15.4. The Bertz CT molecular complexity index is 926. The number of likely N-dealkylation sites (tertiary alicyclic amines) is 1. The number of ketones is 1. The van der Waals surface area contributed by atoms with Crippen LogP contribution in [0.15, 0.2) is 24.3 Å². The molecule has 0 saturated carbocycles. The summed E-state index contributed by atoms with van der Waals surface area (Å²) in [6.45, 7) is 6.28. The van der Waals surface area contributed by atoms with Crippen molar-refractivity contribution >= 4 is 40.4 Å². The summed E-state index contributed by atoms with van der Waals surface area (Å²) >= 11 is 6.06. The number of nitrogens with one attached hydrogen (secondary N) is 1. The first-order valence-electron chi connectivity index (χ1n) is 9.58. The summed E-state index contributed by atoms with van der Waals surface area (Å²) in [6, 6.07) is 6.60. The fourth-order valence-electron chi connectivity index (χ4n) is 3.28. The van der Waals surface area contributed by atoms with Crippen LogP contribution >= 0.6 is 11.6 Å². The van der Waals surface area contributed by atoms with Crippen molar-refractivity contribution < 1.29 is 19.1 Å². The van der Waals surface area contributed by atoms with E-state index < -0.39 is 11.6 Å². The van der Waals surface area contributed by atoms with Crippen LogP contribution in [0.5, 0.6) is 0 Å². The van der Waals surface area contributed by atoms with Crippen molar-refractivity contribution in [2.24, 2.45) is 5.92 Å². The molecule has 1 fully saturated rings. The number of ether oxygens (including phenoxy) is 1. The van der Waals surface area contributed by atoms with E-state index in [1.807, 2.05) is 26.8 Å². The largest absolute Gasteiger partial charge is 0.444 e. The molecule has 1 saturated heterocycles. The number of piperidine rings is 1. The third kappa shape index (κ3) is 5.06. The molecule has 0 radical (unpaired) electrons. The zero-order chi connectivity index (χ0) is 21.2. The highest BCUT2D eigenvalue weighted by Gasteiger charge is 2.30. The molecule has 8 nitrogen and oxygen atoms in total. The van der Waals surface area contributed by atoms with Gasteiger partial charge in [-0.25, -0.2) is 9.59 Å². The van der Waals surface area contributed by atoms with Gasteiger partial charge in [0.25, 0.3) is 0 Å². The lowest BCUT2D eigenvalue weighted by atomic mass is 9.92. The minimum absolute atomic E-state index is 0.0650. The molecular formula is C20H25ClN4O4. The average Bonchev–Trinajstić information content (AvgIpc) is 3.02. The molecule has 2 amide bonds. The van der Waals surface area contributed by atoms with E-state index in [2.05, 4.69) is 10.4 Å². The van der Waals surface area contributed by atoms with Crippen molar-refractivity contribution in [1.29, 1.82) is 0 Å². The molecule has 2 heterocycles. The number of Topliss-reactive ketones (excluding diaryl/α,β-unsaturated/α-hetero) is 1. The first-order valence-corrected chi connectivity index (χ1v) is 9.95. The summed E-state index contributed by atoms with van der Waals surface area (Å²) in [5, 5.41) is 7.56. The van der Waals surface area contributed by atoms with Gasteiger partial charge in [0.2, 0.25) is 0 Å². The lowest BCUT2D eigenvalue weighted by Gasteiger charge is -2.32. The van der Waals surface area contributed by atoms with Crippen LogP contribution in [0.1, 0.15) is 33.6 Å². The molecule has 29 heavy (non-hydrogen) atoms. The Morgan fingerprint density at radius 1 is 1.21 bits per heavy atom. The number of fused-ring (bicyclic) bond motifs is 1. The molecule has 2 aromatic rings. The smallest absolute Gasteiger partial charge is 0.410 e. The first kappa shape index (κ1) is 21.1. The number of carbonyl (C=O) groups is 3. The molecule has 1 N–H and O–H groups in total. The Kier molecular flexibility index (Phi) is 6.12. The maximum Gasteiger partial charge on any atom is 0.410 e. The average molecular weight is 421 g/mol. The predicted octanol–water partition coefficient (Wildman–Crippen LogP) is 3.46. The summed E-state index contributed by atoms with van der Waals surface area (Å²) < 4.78 is 6.53. The number of para-hydroxylation sites is 1. The van der Waals surface area contributed by atoms with Gasteiger partial charge in [-0.05, 0) is 45.7 Å². The van der Waals surface area contributed by atoms with E-state index in [0.717, 1.165) is 4.68 Å². The Morgan fingerprint density at radius 3 is 2.52 bits per heavy atom. The second-order valence-electron chi connectivity index (χ2n) is 8.09. The molecule has 1 aromatic carbocycles. The van der Waals surface area contributed by atoms with Gasteiger partial charge in [-0.3, -0.25) is 4.79 Å². The number of hydrogen-bond donors (Lipinski definition) is 1. The van der Waals surface area contributed by atoms with Crippen molar-refractivity contribution in [3.8, 4) is 0 Å². The van der Waals surface area contributed by atoms with E-state index in [1.165, 1.54) is 0 Å². The monoisotopic (exact) mass is 420 g/mol. The van der Waals surface area contributed by atoms with E-state index in [-0.39, 0.29) is 29.5 Å². The molecule has 9 heteroatoms. The van der Waals surface area contributed by atoms with Crippen LogP contribution in [0.4, 0.5) is 9.59 Å². The van der Waals surface area contributed by atoms with Crippen molar-refractivity contribution in [2.75, 3.05) is 19.6 Å². The van der Waals surface area contributed by atoms with Crippen LogP contribution in [-0.2, 0) is 9.53 Å². The number of halogens is 1. The number of hydrogen-bond acceptors (Lipinski definition) is 5. The SMILES string of the molecule is CC(C)(C)OC(=O)N1CCC(C(=O)CNC(=O)n2nc(Cl)c3ccccc32)CC1. The number of rotatable bonds is 3. The first-order chi connectivity index (χ1) is 13.7. The fourth-order valence-corrected chi connectivity index (χ4v) is 3.51. The maximum atomic E-state index is 12.5. The minimum atomic E-state index is -0.548. The molecule has 3 rings (SSSR count). The molecule has 1 aromatic heterocycles. The van der Waals surface area contributed by atoms with E-state index in [4.69, 9.17) is 16.3 Å². The molecule has 0 aliphatic carbocycles. The number of benzene rings is 1. The highest BCUT2D eigenvalue weighted by atomic mass is 35.5. The van der Waals surface area contributed by atoms with Crippen LogP contribution in [0.2, 0.25) is 5.15 Å². The summed E-state index contributed by atoms with van der Waals surface area (Å²) in [5.74, 6) is -0.267. The molecule has 0 atom stereocenters. The van der Waals surface area contributed by atoms with Gasteiger partial charge in [-0.1, -0.05) is 23.7 Å². The Morgan fingerprint density at radius 2 is 1.86 bits per heavy atom. The molecule has 0 bridgehead atoms. The standard InChI is InChI=1S/C20H25ClN4O4/c1-20(2,3)29-19(28)24-10-8-13(9-11-24)16(26)12-22-18(27)25-15-7-5-4-6-14(15)17(21)23-25/h4-7,13H,8-12H2,1-3H3,(H,22,27). The van der Waals surface area contributed by atoms with E-state index in [9.17, 15) is 14.4 Å². The number of aromatic nitrogens is 2. The quantitative estimate of drug-likeness (QED) is 0.820. The Hall–Kier alpha value is -2.61. The highest BCUT2D eigenvalue weighted by molar-refractivity contribution is 6.34. The summed E-state index contributed by atoms with van der Waals surface area (Å²) in [6.07, 6.45) is 0.730. The number of nitrogens with zero attached hydrogens (tertiary/aromatic N) is 3. The zero-order valence-corrected chi connectivity index (χ0v) is 17.5. The lowest BCUT2D eigenvalue weighted by Crippen LogP contribution is -2.44. The van der Waals surface area contributed by atoms with Gasteiger partial charge in [0.05, 0.1) is 12.1 Å². The topological polar surface area (TPSA) is 93.5 Å². The highest BCUT2D eigenvalue weighted by Crippen LogP contribution is 2.22. The van der Waals surface area contributed by atoms with Gasteiger partial charge < -0.3 is 15.0 Å². The van der Waals surface area contributed by atoms with Crippen LogP contribution in [-0.4, -0.2) is 57.8 Å². The van der Waals surface area contributed by atoms with Gasteiger partial charge in [-0.2, -0.15) is 9.78 Å². The van der Waals surface area contributed by atoms with Crippen molar-refractivity contribution in [1.82, 2.24) is 20.0 Å². The van der Waals surface area contributed by atoms with E-state index in [0.29, 0.717) is 36.8 Å². The predicted molar refractivity (Wildman–Crippen MR) is 109 cm³/mol. The third-order valence-electron chi connectivity index (χ3n) is 4.75. The van der Waals surface area contributed by atoms with E-state index >= 15 is 0 Å². The Balaban J connectivity index is 1.51.